The number of carboxylic acids is 1. The minimum atomic E-state index is -0.925. The van der Waals surface area contributed by atoms with E-state index in [1.54, 1.807) is 18.2 Å². The summed E-state index contributed by atoms with van der Waals surface area (Å²) in [5.41, 5.74) is 2.12. The molecule has 0 radical (unpaired) electrons. The third-order valence-electron chi connectivity index (χ3n) is 5.87. The number of amides is 1. The smallest absolute Gasteiger partial charge is 0.335 e. The third kappa shape index (κ3) is 6.85. The first-order chi connectivity index (χ1) is 16.6. The van der Waals surface area contributed by atoms with Crippen molar-refractivity contribution in [3.8, 4) is 0 Å². The van der Waals surface area contributed by atoms with E-state index in [0.717, 1.165) is 48.6 Å². The summed E-state index contributed by atoms with van der Waals surface area (Å²) < 4.78 is 5.78. The topological polar surface area (TPSA) is 105 Å². The van der Waals surface area contributed by atoms with E-state index in [2.05, 4.69) is 20.4 Å². The number of rotatable bonds is 10. The zero-order valence-corrected chi connectivity index (χ0v) is 19.7. The highest BCUT2D eigenvalue weighted by Gasteiger charge is 2.22. The summed E-state index contributed by atoms with van der Waals surface area (Å²) >= 11 is 1.41. The first-order valence-electron chi connectivity index (χ1n) is 11.4. The number of piperidine rings is 1. The summed E-state index contributed by atoms with van der Waals surface area (Å²) in [6.45, 7) is 2.87. The van der Waals surface area contributed by atoms with E-state index < -0.39 is 5.97 Å². The molecule has 0 saturated carbocycles. The van der Waals surface area contributed by atoms with E-state index >= 15 is 0 Å². The van der Waals surface area contributed by atoms with Crippen LogP contribution in [0.2, 0.25) is 0 Å². The number of carboxylic acid groups (broad SMARTS) is 1. The Kier molecular flexibility index (Phi) is 8.21. The van der Waals surface area contributed by atoms with Crippen LogP contribution in [-0.2, 0) is 22.6 Å². The summed E-state index contributed by atoms with van der Waals surface area (Å²) in [4.78, 5) is 25.5. The quantitative estimate of drug-likeness (QED) is 0.418. The van der Waals surface area contributed by atoms with E-state index in [-0.39, 0.29) is 11.5 Å². The molecule has 1 aliphatic heterocycles. The van der Waals surface area contributed by atoms with Gasteiger partial charge in [0.15, 0.2) is 0 Å². The second kappa shape index (κ2) is 11.7. The van der Waals surface area contributed by atoms with Gasteiger partial charge in [0, 0.05) is 19.7 Å². The van der Waals surface area contributed by atoms with Crippen molar-refractivity contribution >= 4 is 33.5 Å². The molecule has 0 unspecified atom stereocenters. The summed E-state index contributed by atoms with van der Waals surface area (Å²) in [5, 5.41) is 21.7. The first-order valence-corrected chi connectivity index (χ1v) is 12.2. The lowest BCUT2D eigenvalue weighted by atomic mass is 9.94. The number of carbonyl (C=O) groups excluding carboxylic acids is 1. The average molecular weight is 481 g/mol. The maximum Gasteiger partial charge on any atom is 0.335 e. The van der Waals surface area contributed by atoms with Gasteiger partial charge in [0.05, 0.1) is 18.6 Å². The summed E-state index contributed by atoms with van der Waals surface area (Å²) in [6.07, 6.45) is 3.39. The Morgan fingerprint density at radius 3 is 2.59 bits per heavy atom. The normalized spacial score (nSPS) is 14.2. The number of hydrogen-bond donors (Lipinski definition) is 2. The molecule has 3 aromatic rings. The molecule has 34 heavy (non-hydrogen) atoms. The standard InChI is InChI=1S/C25H28N4O4S/c30-22(16-19-5-2-1-3-6-19)26-24-27-28-25(34-24)29-12-9-18(10-13-29)11-14-33-17-20-7-4-8-21(15-20)23(31)32/h1-8,15,18H,9-14,16-17H2,(H,31,32)(H,26,27,30). The Morgan fingerprint density at radius 2 is 1.82 bits per heavy atom. The highest BCUT2D eigenvalue weighted by molar-refractivity contribution is 7.19. The lowest BCUT2D eigenvalue weighted by Gasteiger charge is -2.31. The van der Waals surface area contributed by atoms with Crippen LogP contribution in [0.25, 0.3) is 0 Å². The second-order valence-electron chi connectivity index (χ2n) is 8.38. The van der Waals surface area contributed by atoms with E-state index in [1.165, 1.54) is 11.3 Å². The molecule has 4 rings (SSSR count). The second-order valence-corrected chi connectivity index (χ2v) is 9.33. The molecule has 0 bridgehead atoms. The van der Waals surface area contributed by atoms with Gasteiger partial charge in [-0.2, -0.15) is 0 Å². The highest BCUT2D eigenvalue weighted by atomic mass is 32.1. The zero-order chi connectivity index (χ0) is 23.8. The number of anilines is 2. The van der Waals surface area contributed by atoms with E-state index in [4.69, 9.17) is 9.84 Å². The van der Waals surface area contributed by atoms with Gasteiger partial charge in [-0.15, -0.1) is 10.2 Å². The molecule has 0 aliphatic carbocycles. The Labute approximate surface area is 202 Å². The summed E-state index contributed by atoms with van der Waals surface area (Å²) in [6, 6.07) is 16.5. The maximum absolute atomic E-state index is 12.2. The molecule has 2 N–H and O–H groups in total. The first kappa shape index (κ1) is 23.8. The molecule has 9 heteroatoms. The van der Waals surface area contributed by atoms with Gasteiger partial charge in [-0.3, -0.25) is 4.79 Å². The van der Waals surface area contributed by atoms with E-state index in [0.29, 0.717) is 30.7 Å². The monoisotopic (exact) mass is 480 g/mol. The van der Waals surface area contributed by atoms with Gasteiger partial charge in [-0.05, 0) is 48.4 Å². The Hall–Kier alpha value is -3.30. The fourth-order valence-corrected chi connectivity index (χ4v) is 4.80. The predicted molar refractivity (Wildman–Crippen MR) is 131 cm³/mol. The minimum Gasteiger partial charge on any atom is -0.478 e. The molecule has 1 fully saturated rings. The highest BCUT2D eigenvalue weighted by Crippen LogP contribution is 2.29. The van der Waals surface area contributed by atoms with Crippen molar-refractivity contribution in [3.05, 3.63) is 71.3 Å². The minimum absolute atomic E-state index is 0.0951. The Balaban J connectivity index is 1.16. The third-order valence-corrected chi connectivity index (χ3v) is 6.77. The number of hydrogen-bond acceptors (Lipinski definition) is 7. The van der Waals surface area contributed by atoms with Crippen molar-refractivity contribution in [2.75, 3.05) is 29.9 Å². The Morgan fingerprint density at radius 1 is 1.06 bits per heavy atom. The van der Waals surface area contributed by atoms with Gasteiger partial charge in [0.1, 0.15) is 0 Å². The average Bonchev–Trinajstić information content (AvgIpc) is 3.31. The molecule has 1 saturated heterocycles. The fraction of sp³-hybridized carbons (Fsp3) is 0.360. The van der Waals surface area contributed by atoms with E-state index in [1.807, 2.05) is 36.4 Å². The lowest BCUT2D eigenvalue weighted by molar-refractivity contribution is -0.115. The summed E-state index contributed by atoms with van der Waals surface area (Å²) in [5.74, 6) is -0.437. The predicted octanol–water partition coefficient (Wildman–Crippen LogP) is 4.24. The van der Waals surface area contributed by atoms with Crippen LogP contribution in [0.5, 0.6) is 0 Å². The molecule has 8 nitrogen and oxygen atoms in total. The molecule has 2 heterocycles. The molecule has 2 aromatic carbocycles. The van der Waals surface area contributed by atoms with Crippen LogP contribution in [0.3, 0.4) is 0 Å². The van der Waals surface area contributed by atoms with Crippen molar-refractivity contribution in [2.45, 2.75) is 32.3 Å². The molecule has 0 atom stereocenters. The molecule has 178 valence electrons. The summed E-state index contributed by atoms with van der Waals surface area (Å²) in [7, 11) is 0. The number of carbonyl (C=O) groups is 2. The molecular formula is C25H28N4O4S. The molecule has 1 aliphatic rings. The molecule has 1 aromatic heterocycles. The number of benzene rings is 2. The lowest BCUT2D eigenvalue weighted by Crippen LogP contribution is -2.33. The van der Waals surface area contributed by atoms with Gasteiger partial charge in [-0.1, -0.05) is 53.8 Å². The van der Waals surface area contributed by atoms with Crippen molar-refractivity contribution in [1.82, 2.24) is 10.2 Å². The van der Waals surface area contributed by atoms with Crippen LogP contribution in [0, 0.1) is 5.92 Å². The number of ether oxygens (including phenoxy) is 1. The van der Waals surface area contributed by atoms with Gasteiger partial charge in [0.25, 0.3) is 0 Å². The molecule has 0 spiro atoms. The van der Waals surface area contributed by atoms with Crippen LogP contribution in [0.4, 0.5) is 10.3 Å². The van der Waals surface area contributed by atoms with Crippen LogP contribution in [0.1, 0.15) is 40.7 Å². The SMILES string of the molecule is O=C(Cc1ccccc1)Nc1nnc(N2CCC(CCOCc3cccc(C(=O)O)c3)CC2)s1. The zero-order valence-electron chi connectivity index (χ0n) is 18.9. The number of nitrogens with zero attached hydrogens (tertiary/aromatic N) is 3. The number of nitrogens with one attached hydrogen (secondary N) is 1. The van der Waals surface area contributed by atoms with Gasteiger partial charge < -0.3 is 20.1 Å². The van der Waals surface area contributed by atoms with Crippen molar-refractivity contribution < 1.29 is 19.4 Å². The molecule has 1 amide bonds. The maximum atomic E-state index is 12.2. The Bertz CT molecular complexity index is 1100. The van der Waals surface area contributed by atoms with E-state index in [9.17, 15) is 9.59 Å². The van der Waals surface area contributed by atoms with Crippen LogP contribution in [-0.4, -0.2) is 46.9 Å². The number of aromatic carboxylic acids is 1. The van der Waals surface area contributed by atoms with Crippen LogP contribution < -0.4 is 10.2 Å². The van der Waals surface area contributed by atoms with Gasteiger partial charge >= 0.3 is 5.97 Å². The number of aromatic nitrogens is 2. The van der Waals surface area contributed by atoms with Crippen LogP contribution >= 0.6 is 11.3 Å². The van der Waals surface area contributed by atoms with Gasteiger partial charge in [0.2, 0.25) is 16.2 Å². The van der Waals surface area contributed by atoms with Crippen LogP contribution in [0.15, 0.2) is 54.6 Å². The fourth-order valence-electron chi connectivity index (χ4n) is 3.99. The van der Waals surface area contributed by atoms with Crippen molar-refractivity contribution in [1.29, 1.82) is 0 Å². The van der Waals surface area contributed by atoms with Gasteiger partial charge in [-0.25, -0.2) is 4.79 Å². The molecular weight excluding hydrogens is 452 g/mol. The largest absolute Gasteiger partial charge is 0.478 e. The van der Waals surface area contributed by atoms with Crippen molar-refractivity contribution in [3.63, 3.8) is 0 Å². The van der Waals surface area contributed by atoms with Crippen molar-refractivity contribution in [2.24, 2.45) is 5.92 Å².